The Labute approximate surface area is 171 Å². The van der Waals surface area contributed by atoms with Crippen molar-refractivity contribution in [1.82, 2.24) is 0 Å². The van der Waals surface area contributed by atoms with Gasteiger partial charge in [-0.15, -0.1) is 0 Å². The largest absolute Gasteiger partial charge is 0.423 e. The summed E-state index contributed by atoms with van der Waals surface area (Å²) in [4.78, 5) is 34.6. The van der Waals surface area contributed by atoms with E-state index in [1.165, 1.54) is 31.6 Å². The van der Waals surface area contributed by atoms with Gasteiger partial charge >= 0.3 is 11.9 Å². The molecule has 0 atom stereocenters. The van der Waals surface area contributed by atoms with Crippen LogP contribution in [0.3, 0.4) is 0 Å². The van der Waals surface area contributed by atoms with E-state index in [-0.39, 0.29) is 17.3 Å². The number of esters is 2. The molecule has 5 heteroatoms. The Balaban J connectivity index is 2.01. The Morgan fingerprint density at radius 1 is 0.897 bits per heavy atom. The van der Waals surface area contributed by atoms with Gasteiger partial charge in [-0.25, -0.2) is 0 Å². The molecule has 0 radical (unpaired) electrons. The van der Waals surface area contributed by atoms with Gasteiger partial charge in [0.15, 0.2) is 17.3 Å². The zero-order valence-electron chi connectivity index (χ0n) is 17.2. The molecule has 0 unspecified atom stereocenters. The molecular formula is C24H26O5. The predicted molar refractivity (Wildman–Crippen MR) is 112 cm³/mol. The van der Waals surface area contributed by atoms with Crippen LogP contribution in [0.15, 0.2) is 48.5 Å². The third kappa shape index (κ3) is 7.37. The van der Waals surface area contributed by atoms with Gasteiger partial charge in [-0.05, 0) is 47.2 Å². The average Bonchev–Trinajstić information content (AvgIpc) is 2.66. The van der Waals surface area contributed by atoms with Crippen molar-refractivity contribution in [2.24, 2.45) is 0 Å². The first-order valence-electron chi connectivity index (χ1n) is 9.55. The van der Waals surface area contributed by atoms with Gasteiger partial charge in [0, 0.05) is 20.3 Å². The maximum Gasteiger partial charge on any atom is 0.308 e. The van der Waals surface area contributed by atoms with E-state index in [0.717, 1.165) is 5.56 Å². The smallest absolute Gasteiger partial charge is 0.308 e. The third-order valence-corrected chi connectivity index (χ3v) is 4.24. The summed E-state index contributed by atoms with van der Waals surface area (Å²) in [6.45, 7) is 6.82. The Hall–Kier alpha value is -3.21. The number of aryl methyl sites for hydroxylation is 1. The van der Waals surface area contributed by atoms with Crippen molar-refractivity contribution in [3.63, 3.8) is 0 Å². The van der Waals surface area contributed by atoms with E-state index in [2.05, 4.69) is 38.1 Å². The Morgan fingerprint density at radius 3 is 2.10 bits per heavy atom. The number of allylic oxidation sites excluding steroid dienone is 1. The maximum atomic E-state index is 12.2. The molecule has 0 spiro atoms. The molecule has 2 rings (SSSR count). The van der Waals surface area contributed by atoms with Gasteiger partial charge in [0.1, 0.15) is 0 Å². The maximum absolute atomic E-state index is 12.2. The second-order valence-electron chi connectivity index (χ2n) is 7.09. The summed E-state index contributed by atoms with van der Waals surface area (Å²) < 4.78 is 10.1. The molecule has 0 amide bonds. The van der Waals surface area contributed by atoms with Crippen LogP contribution < -0.4 is 9.47 Å². The third-order valence-electron chi connectivity index (χ3n) is 4.24. The van der Waals surface area contributed by atoms with Crippen LogP contribution in [0.5, 0.6) is 11.5 Å². The molecule has 2 aromatic rings. The minimum absolute atomic E-state index is 0.00367. The van der Waals surface area contributed by atoms with Gasteiger partial charge in [-0.1, -0.05) is 50.3 Å². The van der Waals surface area contributed by atoms with Gasteiger partial charge < -0.3 is 9.47 Å². The highest BCUT2D eigenvalue weighted by Crippen LogP contribution is 2.29. The molecule has 5 nitrogen and oxygen atoms in total. The molecule has 0 aliphatic carbocycles. The number of hydrogen-bond donors (Lipinski definition) is 0. The van der Waals surface area contributed by atoms with Crippen LogP contribution in [0.4, 0.5) is 0 Å². The molecule has 0 fully saturated rings. The molecule has 0 aliphatic heterocycles. The SMILES string of the molecule is CC(=O)Oc1ccc(/C=C/C(=O)CCc2ccc(C(C)C)cc2)cc1OC(C)=O. The molecule has 0 aromatic heterocycles. The summed E-state index contributed by atoms with van der Waals surface area (Å²) in [5.41, 5.74) is 3.06. The molecule has 0 N–H and O–H groups in total. The second-order valence-corrected chi connectivity index (χ2v) is 7.09. The average molecular weight is 394 g/mol. The first-order chi connectivity index (χ1) is 13.7. The minimum Gasteiger partial charge on any atom is -0.423 e. The standard InChI is InChI=1S/C24H26O5/c1-16(2)21-10-5-19(6-11-21)7-12-22(27)13-8-20-9-14-23(28-17(3)25)24(15-20)29-18(4)26/h5-6,8-11,13-16H,7,12H2,1-4H3/b13-8+. The van der Waals surface area contributed by atoms with Crippen molar-refractivity contribution in [2.45, 2.75) is 46.5 Å². The van der Waals surface area contributed by atoms with E-state index in [4.69, 9.17) is 9.47 Å². The molecule has 2 aromatic carbocycles. The fraction of sp³-hybridized carbons (Fsp3) is 0.292. The monoisotopic (exact) mass is 394 g/mol. The normalized spacial score (nSPS) is 10.9. The van der Waals surface area contributed by atoms with Crippen molar-refractivity contribution in [3.8, 4) is 11.5 Å². The summed E-state index contributed by atoms with van der Waals surface area (Å²) >= 11 is 0. The van der Waals surface area contributed by atoms with Gasteiger partial charge in [0.25, 0.3) is 0 Å². The molecule has 29 heavy (non-hydrogen) atoms. The number of hydrogen-bond acceptors (Lipinski definition) is 5. The zero-order chi connectivity index (χ0) is 21.4. The minimum atomic E-state index is -0.529. The summed E-state index contributed by atoms with van der Waals surface area (Å²) in [6.07, 6.45) is 4.22. The van der Waals surface area contributed by atoms with Crippen LogP contribution in [0.25, 0.3) is 6.08 Å². The Kier molecular flexibility index (Phi) is 7.89. The lowest BCUT2D eigenvalue weighted by atomic mass is 9.99. The van der Waals surface area contributed by atoms with Gasteiger partial charge in [0.05, 0.1) is 0 Å². The molecule has 0 aliphatic rings. The summed E-state index contributed by atoms with van der Waals surface area (Å²) in [6, 6.07) is 13.1. The lowest BCUT2D eigenvalue weighted by Crippen LogP contribution is -2.07. The Bertz CT molecular complexity index is 907. The lowest BCUT2D eigenvalue weighted by Gasteiger charge is -2.09. The highest BCUT2D eigenvalue weighted by molar-refractivity contribution is 5.93. The lowest BCUT2D eigenvalue weighted by molar-refractivity contribution is -0.134. The number of rotatable bonds is 8. The Morgan fingerprint density at radius 2 is 1.52 bits per heavy atom. The van der Waals surface area contributed by atoms with Crippen molar-refractivity contribution in [1.29, 1.82) is 0 Å². The van der Waals surface area contributed by atoms with E-state index in [0.29, 0.717) is 24.3 Å². The summed E-state index contributed by atoms with van der Waals surface area (Å²) in [5.74, 6) is -0.278. The topological polar surface area (TPSA) is 69.7 Å². The van der Waals surface area contributed by atoms with Crippen LogP contribution in [-0.4, -0.2) is 17.7 Å². The van der Waals surface area contributed by atoms with Crippen LogP contribution in [0, 0.1) is 0 Å². The number of ketones is 1. The van der Waals surface area contributed by atoms with Crippen LogP contribution in [0.1, 0.15) is 56.7 Å². The number of carbonyl (C=O) groups excluding carboxylic acids is 3. The quantitative estimate of drug-likeness (QED) is 0.363. The van der Waals surface area contributed by atoms with E-state index >= 15 is 0 Å². The zero-order valence-corrected chi connectivity index (χ0v) is 17.2. The van der Waals surface area contributed by atoms with Crippen LogP contribution >= 0.6 is 0 Å². The first-order valence-corrected chi connectivity index (χ1v) is 9.55. The van der Waals surface area contributed by atoms with Crippen molar-refractivity contribution < 1.29 is 23.9 Å². The molecular weight excluding hydrogens is 368 g/mol. The highest BCUT2D eigenvalue weighted by atomic mass is 16.6. The van der Waals surface area contributed by atoms with Crippen molar-refractivity contribution in [3.05, 3.63) is 65.2 Å². The fourth-order valence-electron chi connectivity index (χ4n) is 2.71. The van der Waals surface area contributed by atoms with E-state index in [9.17, 15) is 14.4 Å². The van der Waals surface area contributed by atoms with Crippen molar-refractivity contribution in [2.75, 3.05) is 0 Å². The second kappa shape index (κ2) is 10.4. The fourth-order valence-corrected chi connectivity index (χ4v) is 2.71. The van der Waals surface area contributed by atoms with Gasteiger partial charge in [-0.3, -0.25) is 14.4 Å². The first kappa shape index (κ1) is 22.1. The van der Waals surface area contributed by atoms with Crippen molar-refractivity contribution >= 4 is 23.8 Å². The van der Waals surface area contributed by atoms with E-state index in [1.54, 1.807) is 18.2 Å². The van der Waals surface area contributed by atoms with Crippen LogP contribution in [0.2, 0.25) is 0 Å². The van der Waals surface area contributed by atoms with E-state index in [1.807, 2.05) is 0 Å². The van der Waals surface area contributed by atoms with Gasteiger partial charge in [0.2, 0.25) is 0 Å². The molecule has 0 saturated carbocycles. The van der Waals surface area contributed by atoms with Gasteiger partial charge in [-0.2, -0.15) is 0 Å². The molecule has 152 valence electrons. The number of ether oxygens (including phenoxy) is 2. The number of benzene rings is 2. The number of carbonyl (C=O) groups is 3. The highest BCUT2D eigenvalue weighted by Gasteiger charge is 2.10. The molecule has 0 bridgehead atoms. The summed E-state index contributed by atoms with van der Waals surface area (Å²) in [5, 5.41) is 0. The summed E-state index contributed by atoms with van der Waals surface area (Å²) in [7, 11) is 0. The van der Waals surface area contributed by atoms with Crippen LogP contribution in [-0.2, 0) is 20.8 Å². The molecule has 0 heterocycles. The molecule has 0 saturated heterocycles. The predicted octanol–water partition coefficient (Wildman–Crippen LogP) is 4.88. The van der Waals surface area contributed by atoms with E-state index < -0.39 is 11.9 Å².